The molecule has 0 unspecified atom stereocenters. The van der Waals surface area contributed by atoms with E-state index in [2.05, 4.69) is 5.32 Å². The number of nitrogens with one attached hydrogen (secondary N) is 1. The molecule has 1 aromatic carbocycles. The molecular formula is C13H19Cl2N3O4. The summed E-state index contributed by atoms with van der Waals surface area (Å²) in [6, 6.07) is 4.10. The number of carbonyl (C=O) groups excluding carboxylic acids is 1. The highest BCUT2D eigenvalue weighted by atomic mass is 35.5. The molecule has 0 heterocycles. The molecule has 0 aliphatic carbocycles. The van der Waals surface area contributed by atoms with Crippen molar-refractivity contribution >= 4 is 35.6 Å². The third-order valence-corrected chi connectivity index (χ3v) is 2.93. The fraction of sp³-hybridized carbons (Fsp3) is 0.462. The van der Waals surface area contributed by atoms with E-state index in [9.17, 15) is 14.9 Å². The van der Waals surface area contributed by atoms with E-state index in [1.165, 1.54) is 18.2 Å². The molecule has 0 fully saturated rings. The number of nitrogens with two attached hydrogens (primary N) is 1. The first-order valence-electron chi connectivity index (χ1n) is 6.33. The lowest BCUT2D eigenvalue weighted by Crippen LogP contribution is -2.49. The van der Waals surface area contributed by atoms with Gasteiger partial charge in [-0.05, 0) is 26.0 Å². The Morgan fingerprint density at radius 1 is 1.50 bits per heavy atom. The molecule has 0 atom stereocenters. The predicted molar refractivity (Wildman–Crippen MR) is 86.7 cm³/mol. The minimum atomic E-state index is -0.585. The van der Waals surface area contributed by atoms with Gasteiger partial charge in [0.05, 0.1) is 18.0 Å². The van der Waals surface area contributed by atoms with Crippen molar-refractivity contribution in [3.8, 4) is 5.75 Å². The highest BCUT2D eigenvalue weighted by molar-refractivity contribution is 6.30. The first-order valence-corrected chi connectivity index (χ1v) is 6.71. The van der Waals surface area contributed by atoms with Crippen LogP contribution in [0.2, 0.25) is 5.02 Å². The van der Waals surface area contributed by atoms with Gasteiger partial charge in [-0.2, -0.15) is 0 Å². The third kappa shape index (κ3) is 6.46. The molecule has 0 radical (unpaired) electrons. The van der Waals surface area contributed by atoms with E-state index in [0.29, 0.717) is 6.54 Å². The Labute approximate surface area is 139 Å². The van der Waals surface area contributed by atoms with Crippen LogP contribution in [0.5, 0.6) is 5.75 Å². The van der Waals surface area contributed by atoms with Crippen LogP contribution in [0.1, 0.15) is 20.3 Å². The van der Waals surface area contributed by atoms with Crippen LogP contribution in [0.4, 0.5) is 5.69 Å². The first-order chi connectivity index (χ1) is 9.75. The lowest BCUT2D eigenvalue weighted by molar-refractivity contribution is -0.385. The molecule has 0 saturated carbocycles. The highest BCUT2D eigenvalue weighted by Crippen LogP contribution is 2.29. The fourth-order valence-corrected chi connectivity index (χ4v) is 1.67. The molecule has 124 valence electrons. The van der Waals surface area contributed by atoms with E-state index in [1.54, 1.807) is 13.8 Å². The van der Waals surface area contributed by atoms with Gasteiger partial charge in [0.2, 0.25) is 5.91 Å². The number of nitro benzene ring substituents is 1. The van der Waals surface area contributed by atoms with Gasteiger partial charge in [0.15, 0.2) is 5.75 Å². The van der Waals surface area contributed by atoms with Gasteiger partial charge < -0.3 is 15.8 Å². The second-order valence-electron chi connectivity index (χ2n) is 5.10. The van der Waals surface area contributed by atoms with Crippen LogP contribution >= 0.6 is 24.0 Å². The number of hydrogen-bond acceptors (Lipinski definition) is 5. The predicted octanol–water partition coefficient (Wildman–Crippen LogP) is 2.29. The Bertz CT molecular complexity index is 538. The first kappa shape index (κ1) is 20.4. The average molecular weight is 352 g/mol. The maximum atomic E-state index is 11.7. The Balaban J connectivity index is 0.00000441. The standard InChI is InChI=1S/C13H18ClN3O4.ClH/c1-13(2,8-15)16-12(18)5-6-21-11-4-3-9(14)7-10(11)17(19)20;/h3-4,7H,5-6,8,15H2,1-2H3,(H,16,18);1H. The number of amides is 1. The molecule has 1 rings (SSSR count). The molecule has 0 bridgehead atoms. The van der Waals surface area contributed by atoms with Gasteiger partial charge in [-0.3, -0.25) is 14.9 Å². The summed E-state index contributed by atoms with van der Waals surface area (Å²) in [6.07, 6.45) is 0.0726. The van der Waals surface area contributed by atoms with E-state index >= 15 is 0 Å². The second kappa shape index (κ2) is 8.77. The number of hydrogen-bond donors (Lipinski definition) is 2. The summed E-state index contributed by atoms with van der Waals surface area (Å²) in [5.41, 5.74) is 4.78. The Hall–Kier alpha value is -1.57. The van der Waals surface area contributed by atoms with E-state index in [1.807, 2.05) is 0 Å². The molecular weight excluding hydrogens is 333 g/mol. The minimum Gasteiger partial charge on any atom is -0.486 e. The van der Waals surface area contributed by atoms with Crippen molar-refractivity contribution in [2.75, 3.05) is 13.2 Å². The largest absolute Gasteiger partial charge is 0.486 e. The van der Waals surface area contributed by atoms with Crippen molar-refractivity contribution in [1.82, 2.24) is 5.32 Å². The zero-order valence-electron chi connectivity index (χ0n) is 12.3. The smallest absolute Gasteiger partial charge is 0.312 e. The molecule has 0 saturated heterocycles. The van der Waals surface area contributed by atoms with Crippen LogP contribution in [-0.4, -0.2) is 29.5 Å². The highest BCUT2D eigenvalue weighted by Gasteiger charge is 2.19. The van der Waals surface area contributed by atoms with Crippen molar-refractivity contribution in [3.05, 3.63) is 33.3 Å². The molecule has 0 aliphatic heterocycles. The van der Waals surface area contributed by atoms with Crippen LogP contribution in [0.15, 0.2) is 18.2 Å². The lowest BCUT2D eigenvalue weighted by atomic mass is 10.1. The summed E-state index contributed by atoms with van der Waals surface area (Å²) < 4.78 is 5.28. The molecule has 9 heteroatoms. The van der Waals surface area contributed by atoms with Crippen molar-refractivity contribution in [2.24, 2.45) is 5.73 Å². The minimum absolute atomic E-state index is 0. The maximum Gasteiger partial charge on any atom is 0.312 e. The van der Waals surface area contributed by atoms with E-state index in [0.717, 1.165) is 0 Å². The quantitative estimate of drug-likeness (QED) is 0.578. The molecule has 1 amide bonds. The molecule has 22 heavy (non-hydrogen) atoms. The van der Waals surface area contributed by atoms with E-state index in [-0.39, 0.29) is 47.8 Å². The van der Waals surface area contributed by atoms with Gasteiger partial charge >= 0.3 is 5.69 Å². The zero-order chi connectivity index (χ0) is 16.0. The van der Waals surface area contributed by atoms with E-state index in [4.69, 9.17) is 22.1 Å². The summed E-state index contributed by atoms with van der Waals surface area (Å²) in [5, 5.41) is 13.9. The van der Waals surface area contributed by atoms with E-state index < -0.39 is 10.5 Å². The van der Waals surface area contributed by atoms with Crippen molar-refractivity contribution in [3.63, 3.8) is 0 Å². The molecule has 0 aliphatic rings. The van der Waals surface area contributed by atoms with Crippen molar-refractivity contribution in [2.45, 2.75) is 25.8 Å². The molecule has 1 aromatic rings. The number of halogens is 2. The molecule has 0 aromatic heterocycles. The van der Waals surface area contributed by atoms with Crippen molar-refractivity contribution in [1.29, 1.82) is 0 Å². The van der Waals surface area contributed by atoms with Gasteiger partial charge in [-0.15, -0.1) is 12.4 Å². The van der Waals surface area contributed by atoms with Crippen LogP contribution < -0.4 is 15.8 Å². The van der Waals surface area contributed by atoms with Gasteiger partial charge in [-0.25, -0.2) is 0 Å². The SMILES string of the molecule is CC(C)(CN)NC(=O)CCOc1ccc(Cl)cc1[N+](=O)[O-].Cl. The number of ether oxygens (including phenoxy) is 1. The lowest BCUT2D eigenvalue weighted by Gasteiger charge is -2.24. The Morgan fingerprint density at radius 2 is 2.14 bits per heavy atom. The monoisotopic (exact) mass is 351 g/mol. The number of nitrogens with zero attached hydrogens (tertiary/aromatic N) is 1. The fourth-order valence-electron chi connectivity index (χ4n) is 1.50. The second-order valence-corrected chi connectivity index (χ2v) is 5.54. The average Bonchev–Trinajstić information content (AvgIpc) is 2.39. The molecule has 7 nitrogen and oxygen atoms in total. The van der Waals surface area contributed by atoms with Crippen LogP contribution in [0.25, 0.3) is 0 Å². The zero-order valence-corrected chi connectivity index (χ0v) is 13.9. The number of carbonyl (C=O) groups is 1. The summed E-state index contributed by atoms with van der Waals surface area (Å²) in [6.45, 7) is 3.93. The summed E-state index contributed by atoms with van der Waals surface area (Å²) in [4.78, 5) is 22.0. The van der Waals surface area contributed by atoms with Crippen LogP contribution in [0, 0.1) is 10.1 Å². The van der Waals surface area contributed by atoms with Gasteiger partial charge in [0.25, 0.3) is 0 Å². The molecule has 0 spiro atoms. The van der Waals surface area contributed by atoms with Crippen LogP contribution in [-0.2, 0) is 4.79 Å². The third-order valence-electron chi connectivity index (χ3n) is 2.69. The number of rotatable bonds is 7. The van der Waals surface area contributed by atoms with Crippen molar-refractivity contribution < 1.29 is 14.5 Å². The van der Waals surface area contributed by atoms with Crippen LogP contribution in [0.3, 0.4) is 0 Å². The number of nitro groups is 1. The maximum absolute atomic E-state index is 11.7. The summed E-state index contributed by atoms with van der Waals surface area (Å²) in [5.74, 6) is -0.155. The summed E-state index contributed by atoms with van der Waals surface area (Å²) in [7, 11) is 0. The Kier molecular flexibility index (Phi) is 8.15. The van der Waals surface area contributed by atoms with Gasteiger partial charge in [0, 0.05) is 23.2 Å². The van der Waals surface area contributed by atoms with Gasteiger partial charge in [-0.1, -0.05) is 11.6 Å². The Morgan fingerprint density at radius 3 is 2.68 bits per heavy atom. The van der Waals surface area contributed by atoms with Gasteiger partial charge in [0.1, 0.15) is 0 Å². The topological polar surface area (TPSA) is 107 Å². The summed E-state index contributed by atoms with van der Waals surface area (Å²) >= 11 is 5.70. The molecule has 3 N–H and O–H groups in total. The number of benzene rings is 1. The normalized spacial score (nSPS) is 10.5.